The van der Waals surface area contributed by atoms with Gasteiger partial charge in [-0.05, 0) is 43.2 Å². The standard InChI is InChI=1S/C25H24BrN3O4/c1-2-33-20-10-6-17(7-11-20)22-21(23(30)18-4-8-19(26)9-5-18)24(31)25(32)29(22)14-3-13-28-15-12-27-16-28/h4-12,15-16,22,30H,2-3,13-14H2,1H3/b23-21-. The third kappa shape index (κ3) is 4.85. The molecule has 7 nitrogen and oxygen atoms in total. The van der Waals surface area contributed by atoms with Gasteiger partial charge in [0.15, 0.2) is 0 Å². The number of nitrogens with zero attached hydrogens (tertiary/aromatic N) is 3. The molecule has 1 unspecified atom stereocenters. The van der Waals surface area contributed by atoms with Crippen LogP contribution in [0, 0.1) is 0 Å². The number of Topliss-reactive ketones (excluding diaryl/α,β-unsaturated/α-hetero) is 1. The normalized spacial score (nSPS) is 17.5. The first-order valence-corrected chi connectivity index (χ1v) is 11.5. The number of aromatic nitrogens is 2. The quantitative estimate of drug-likeness (QED) is 0.273. The van der Waals surface area contributed by atoms with Gasteiger partial charge in [0.2, 0.25) is 0 Å². The van der Waals surface area contributed by atoms with Crippen molar-refractivity contribution in [1.82, 2.24) is 14.5 Å². The third-order valence-electron chi connectivity index (χ3n) is 5.54. The number of aliphatic hydroxyl groups excluding tert-OH is 1. The van der Waals surface area contributed by atoms with Crippen molar-refractivity contribution in [3.8, 4) is 5.75 Å². The predicted octanol–water partition coefficient (Wildman–Crippen LogP) is 4.56. The minimum absolute atomic E-state index is 0.0918. The van der Waals surface area contributed by atoms with Crippen LogP contribution >= 0.6 is 15.9 Å². The molecule has 0 aliphatic carbocycles. The van der Waals surface area contributed by atoms with Gasteiger partial charge in [-0.3, -0.25) is 9.59 Å². The number of rotatable bonds is 8. The van der Waals surface area contributed by atoms with E-state index in [-0.39, 0.29) is 11.3 Å². The zero-order valence-corrected chi connectivity index (χ0v) is 19.7. The van der Waals surface area contributed by atoms with Gasteiger partial charge in [0.05, 0.1) is 24.5 Å². The molecule has 1 N–H and O–H groups in total. The topological polar surface area (TPSA) is 84.7 Å². The summed E-state index contributed by atoms with van der Waals surface area (Å²) < 4.78 is 8.30. The van der Waals surface area contributed by atoms with Crippen molar-refractivity contribution in [2.24, 2.45) is 0 Å². The van der Waals surface area contributed by atoms with Crippen LogP contribution in [0.5, 0.6) is 5.75 Å². The Morgan fingerprint density at radius 2 is 1.82 bits per heavy atom. The van der Waals surface area contributed by atoms with E-state index in [0.29, 0.717) is 37.4 Å². The van der Waals surface area contributed by atoms with Gasteiger partial charge < -0.3 is 19.3 Å². The fourth-order valence-electron chi connectivity index (χ4n) is 3.98. The zero-order chi connectivity index (χ0) is 23.4. The van der Waals surface area contributed by atoms with Crippen LogP contribution in [0.3, 0.4) is 0 Å². The average molecular weight is 510 g/mol. The number of carbonyl (C=O) groups excluding carboxylic acids is 2. The van der Waals surface area contributed by atoms with E-state index >= 15 is 0 Å². The first kappa shape index (κ1) is 22.8. The van der Waals surface area contributed by atoms with E-state index in [1.165, 1.54) is 0 Å². The molecule has 1 fully saturated rings. The molecule has 170 valence electrons. The lowest BCUT2D eigenvalue weighted by atomic mass is 9.95. The molecule has 1 aromatic heterocycles. The van der Waals surface area contributed by atoms with E-state index in [1.807, 2.05) is 42.0 Å². The third-order valence-corrected chi connectivity index (χ3v) is 6.07. The van der Waals surface area contributed by atoms with Crippen molar-refractivity contribution in [2.75, 3.05) is 13.2 Å². The molecule has 1 aliphatic rings. The monoisotopic (exact) mass is 509 g/mol. The summed E-state index contributed by atoms with van der Waals surface area (Å²) in [5.74, 6) is -0.779. The first-order chi connectivity index (χ1) is 16.0. The SMILES string of the molecule is CCOc1ccc(C2/C(=C(/O)c3ccc(Br)cc3)C(=O)C(=O)N2CCCn2ccnc2)cc1. The van der Waals surface area contributed by atoms with Crippen molar-refractivity contribution >= 4 is 33.4 Å². The van der Waals surface area contributed by atoms with Gasteiger partial charge in [-0.1, -0.05) is 40.2 Å². The number of likely N-dealkylation sites (tertiary alicyclic amines) is 1. The number of aryl methyl sites for hydroxylation is 1. The van der Waals surface area contributed by atoms with Crippen LogP contribution in [0.25, 0.3) is 5.76 Å². The number of halogens is 1. The highest BCUT2D eigenvalue weighted by molar-refractivity contribution is 9.10. The summed E-state index contributed by atoms with van der Waals surface area (Å²) in [5, 5.41) is 11.1. The van der Waals surface area contributed by atoms with E-state index in [4.69, 9.17) is 4.74 Å². The van der Waals surface area contributed by atoms with Crippen LogP contribution in [0.2, 0.25) is 0 Å². The maximum Gasteiger partial charge on any atom is 0.295 e. The molecule has 8 heteroatoms. The number of ketones is 1. The molecule has 33 heavy (non-hydrogen) atoms. The predicted molar refractivity (Wildman–Crippen MR) is 128 cm³/mol. The summed E-state index contributed by atoms with van der Waals surface area (Å²) in [5.41, 5.74) is 1.30. The fraction of sp³-hybridized carbons (Fsp3) is 0.240. The maximum atomic E-state index is 13.1. The Morgan fingerprint density at radius 1 is 1.09 bits per heavy atom. The summed E-state index contributed by atoms with van der Waals surface area (Å²) in [6.07, 6.45) is 5.90. The number of hydrogen-bond donors (Lipinski definition) is 1. The number of amides is 1. The lowest BCUT2D eigenvalue weighted by Gasteiger charge is -2.25. The molecule has 0 radical (unpaired) electrons. The molecule has 2 heterocycles. The second kappa shape index (κ2) is 10.0. The highest BCUT2D eigenvalue weighted by Crippen LogP contribution is 2.40. The molecule has 1 amide bonds. The molecule has 1 saturated heterocycles. The van der Waals surface area contributed by atoms with E-state index in [0.717, 1.165) is 10.0 Å². The summed E-state index contributed by atoms with van der Waals surface area (Å²) in [7, 11) is 0. The van der Waals surface area contributed by atoms with Gasteiger partial charge in [-0.25, -0.2) is 4.98 Å². The van der Waals surface area contributed by atoms with Gasteiger partial charge in [-0.15, -0.1) is 0 Å². The Bertz CT molecular complexity index is 1160. The second-order valence-electron chi connectivity index (χ2n) is 7.66. The number of aliphatic hydroxyl groups is 1. The smallest absolute Gasteiger partial charge is 0.295 e. The Kier molecular flexibility index (Phi) is 6.93. The summed E-state index contributed by atoms with van der Waals surface area (Å²) in [6, 6.07) is 13.6. The van der Waals surface area contributed by atoms with E-state index in [2.05, 4.69) is 20.9 Å². The minimum atomic E-state index is -0.688. The number of imidazole rings is 1. The lowest BCUT2D eigenvalue weighted by Crippen LogP contribution is -2.31. The molecular formula is C25H24BrN3O4. The number of benzene rings is 2. The van der Waals surface area contributed by atoms with Gasteiger partial charge in [0.25, 0.3) is 11.7 Å². The summed E-state index contributed by atoms with van der Waals surface area (Å²) in [4.78, 5) is 31.7. The van der Waals surface area contributed by atoms with Crippen LogP contribution < -0.4 is 4.74 Å². The van der Waals surface area contributed by atoms with Crippen molar-refractivity contribution < 1.29 is 19.4 Å². The Labute approximate surface area is 200 Å². The summed E-state index contributed by atoms with van der Waals surface area (Å²) in [6.45, 7) is 3.46. The van der Waals surface area contributed by atoms with E-state index in [1.54, 1.807) is 41.7 Å². The van der Waals surface area contributed by atoms with Crippen LogP contribution in [-0.2, 0) is 16.1 Å². The van der Waals surface area contributed by atoms with Crippen molar-refractivity contribution in [2.45, 2.75) is 25.9 Å². The van der Waals surface area contributed by atoms with Crippen LogP contribution in [0.15, 0.2) is 77.3 Å². The lowest BCUT2D eigenvalue weighted by molar-refractivity contribution is -0.139. The van der Waals surface area contributed by atoms with Crippen LogP contribution in [0.1, 0.15) is 30.5 Å². The maximum absolute atomic E-state index is 13.1. The van der Waals surface area contributed by atoms with Crippen LogP contribution in [-0.4, -0.2) is 44.4 Å². The van der Waals surface area contributed by atoms with Crippen molar-refractivity contribution in [3.05, 3.63) is 88.4 Å². The van der Waals surface area contributed by atoms with Crippen molar-refractivity contribution in [3.63, 3.8) is 0 Å². The van der Waals surface area contributed by atoms with Gasteiger partial charge in [0.1, 0.15) is 11.5 Å². The molecule has 1 atom stereocenters. The Morgan fingerprint density at radius 3 is 2.45 bits per heavy atom. The molecule has 1 aliphatic heterocycles. The van der Waals surface area contributed by atoms with Gasteiger partial charge >= 0.3 is 0 Å². The van der Waals surface area contributed by atoms with Gasteiger partial charge in [-0.2, -0.15) is 0 Å². The number of carbonyl (C=O) groups is 2. The largest absolute Gasteiger partial charge is 0.507 e. The minimum Gasteiger partial charge on any atom is -0.507 e. The molecule has 0 spiro atoms. The molecule has 0 bridgehead atoms. The molecule has 2 aromatic carbocycles. The fourth-order valence-corrected chi connectivity index (χ4v) is 4.24. The van der Waals surface area contributed by atoms with Crippen molar-refractivity contribution in [1.29, 1.82) is 0 Å². The number of ether oxygens (including phenoxy) is 1. The highest BCUT2D eigenvalue weighted by Gasteiger charge is 2.45. The van der Waals surface area contributed by atoms with E-state index in [9.17, 15) is 14.7 Å². The molecular weight excluding hydrogens is 486 g/mol. The molecule has 0 saturated carbocycles. The first-order valence-electron chi connectivity index (χ1n) is 10.7. The number of hydrogen-bond acceptors (Lipinski definition) is 5. The average Bonchev–Trinajstić information content (AvgIpc) is 3.42. The Hall–Kier alpha value is -3.39. The molecule has 4 rings (SSSR count). The second-order valence-corrected chi connectivity index (χ2v) is 8.57. The zero-order valence-electron chi connectivity index (χ0n) is 18.1. The van der Waals surface area contributed by atoms with Gasteiger partial charge in [0, 0.05) is 35.5 Å². The highest BCUT2D eigenvalue weighted by atomic mass is 79.9. The van der Waals surface area contributed by atoms with E-state index < -0.39 is 17.7 Å². The Balaban J connectivity index is 1.71. The molecule has 3 aromatic rings. The summed E-state index contributed by atoms with van der Waals surface area (Å²) >= 11 is 3.38. The van der Waals surface area contributed by atoms with Crippen LogP contribution in [0.4, 0.5) is 0 Å².